The van der Waals surface area contributed by atoms with E-state index >= 15 is 0 Å². The molecular formula is C15H16F2N2O. The zero-order chi connectivity index (χ0) is 14.2. The normalized spacial score (nSPS) is 19.1. The van der Waals surface area contributed by atoms with Gasteiger partial charge in [-0.25, -0.2) is 8.78 Å². The van der Waals surface area contributed by atoms with Crippen LogP contribution in [0.4, 0.5) is 8.78 Å². The Balaban J connectivity index is 1.71. The average molecular weight is 278 g/mol. The number of nitrogens with one attached hydrogen (secondary N) is 2. The number of alkyl halides is 2. The van der Waals surface area contributed by atoms with Gasteiger partial charge in [-0.1, -0.05) is 18.2 Å². The second-order valence-electron chi connectivity index (χ2n) is 5.35. The predicted molar refractivity (Wildman–Crippen MR) is 73.0 cm³/mol. The van der Waals surface area contributed by atoms with Crippen molar-refractivity contribution in [3.8, 4) is 0 Å². The van der Waals surface area contributed by atoms with Gasteiger partial charge in [-0.3, -0.25) is 4.79 Å². The van der Waals surface area contributed by atoms with Crippen molar-refractivity contribution in [1.29, 1.82) is 0 Å². The second-order valence-corrected chi connectivity index (χ2v) is 5.35. The van der Waals surface area contributed by atoms with Crippen molar-refractivity contribution < 1.29 is 13.6 Å². The van der Waals surface area contributed by atoms with E-state index in [2.05, 4.69) is 10.3 Å². The van der Waals surface area contributed by atoms with Crippen molar-refractivity contribution in [2.24, 2.45) is 0 Å². The number of aromatic amines is 1. The lowest BCUT2D eigenvalue weighted by atomic mass is 9.92. The minimum absolute atomic E-state index is 0.147. The smallest absolute Gasteiger partial charge is 0.253 e. The quantitative estimate of drug-likeness (QED) is 0.868. The first kappa shape index (κ1) is 13.1. The fourth-order valence-electron chi connectivity index (χ4n) is 2.71. The Morgan fingerprint density at radius 3 is 2.70 bits per heavy atom. The van der Waals surface area contributed by atoms with Crippen molar-refractivity contribution in [1.82, 2.24) is 10.3 Å². The Kier molecular flexibility index (Phi) is 3.20. The number of carbonyl (C=O) groups excluding carboxylic acids is 1. The molecule has 1 saturated carbocycles. The van der Waals surface area contributed by atoms with Crippen molar-refractivity contribution in [2.75, 3.05) is 0 Å². The van der Waals surface area contributed by atoms with E-state index in [4.69, 9.17) is 0 Å². The predicted octanol–water partition coefficient (Wildman–Crippen LogP) is 3.48. The maximum atomic E-state index is 13.1. The molecular weight excluding hydrogens is 262 g/mol. The maximum Gasteiger partial charge on any atom is 0.253 e. The van der Waals surface area contributed by atoms with Gasteiger partial charge in [0.15, 0.2) is 0 Å². The van der Waals surface area contributed by atoms with E-state index in [0.29, 0.717) is 18.4 Å². The summed E-state index contributed by atoms with van der Waals surface area (Å²) in [6, 6.07) is 7.37. The Bertz CT molecular complexity index is 626. The lowest BCUT2D eigenvalue weighted by molar-refractivity contribution is -0.0399. The number of H-pyrrole nitrogens is 1. The number of hydrogen-bond donors (Lipinski definition) is 2. The van der Waals surface area contributed by atoms with Crippen LogP contribution in [-0.2, 0) is 0 Å². The molecule has 1 aromatic carbocycles. The third-order valence-electron chi connectivity index (χ3n) is 3.89. The van der Waals surface area contributed by atoms with Gasteiger partial charge in [0.1, 0.15) is 0 Å². The molecule has 0 bridgehead atoms. The van der Waals surface area contributed by atoms with Crippen LogP contribution in [0.3, 0.4) is 0 Å². The summed E-state index contributed by atoms with van der Waals surface area (Å²) in [5.74, 6) is -2.76. The van der Waals surface area contributed by atoms with Crippen molar-refractivity contribution >= 4 is 16.8 Å². The molecule has 106 valence electrons. The van der Waals surface area contributed by atoms with Gasteiger partial charge in [-0.05, 0) is 18.9 Å². The van der Waals surface area contributed by atoms with Gasteiger partial charge >= 0.3 is 0 Å². The van der Waals surface area contributed by atoms with Crippen LogP contribution in [0, 0.1) is 0 Å². The fraction of sp³-hybridized carbons (Fsp3) is 0.400. The van der Waals surface area contributed by atoms with Crippen molar-refractivity contribution in [3.63, 3.8) is 0 Å². The highest BCUT2D eigenvalue weighted by Crippen LogP contribution is 2.33. The Labute approximate surface area is 115 Å². The zero-order valence-corrected chi connectivity index (χ0v) is 11.0. The summed E-state index contributed by atoms with van der Waals surface area (Å²) in [7, 11) is 0. The molecule has 0 saturated heterocycles. The van der Waals surface area contributed by atoms with Gasteiger partial charge in [0.05, 0.1) is 5.56 Å². The third-order valence-corrected chi connectivity index (χ3v) is 3.89. The third kappa shape index (κ3) is 2.53. The van der Waals surface area contributed by atoms with Gasteiger partial charge in [-0.15, -0.1) is 0 Å². The highest BCUT2D eigenvalue weighted by molar-refractivity contribution is 6.06. The highest BCUT2D eigenvalue weighted by Gasteiger charge is 2.35. The van der Waals surface area contributed by atoms with E-state index in [9.17, 15) is 13.6 Å². The van der Waals surface area contributed by atoms with Crippen LogP contribution in [0.25, 0.3) is 10.9 Å². The average Bonchev–Trinajstić information content (AvgIpc) is 2.85. The molecule has 1 fully saturated rings. The summed E-state index contributed by atoms with van der Waals surface area (Å²) in [5.41, 5.74) is 1.46. The van der Waals surface area contributed by atoms with E-state index in [1.165, 1.54) is 0 Å². The van der Waals surface area contributed by atoms with E-state index in [1.807, 2.05) is 24.3 Å². The lowest BCUT2D eigenvalue weighted by Gasteiger charge is -2.28. The number of para-hydroxylation sites is 1. The van der Waals surface area contributed by atoms with Gasteiger partial charge < -0.3 is 10.3 Å². The number of halogens is 2. The summed E-state index contributed by atoms with van der Waals surface area (Å²) in [6.07, 6.45) is 2.04. The number of fused-ring (bicyclic) bond motifs is 1. The summed E-state index contributed by atoms with van der Waals surface area (Å²) in [5, 5.41) is 3.71. The Morgan fingerprint density at radius 1 is 1.25 bits per heavy atom. The van der Waals surface area contributed by atoms with Gasteiger partial charge in [0, 0.05) is 36.0 Å². The Morgan fingerprint density at radius 2 is 1.95 bits per heavy atom. The first-order chi connectivity index (χ1) is 9.55. The minimum Gasteiger partial charge on any atom is -0.360 e. The molecule has 1 aliphatic rings. The van der Waals surface area contributed by atoms with Gasteiger partial charge in [0.25, 0.3) is 5.91 Å². The molecule has 0 radical (unpaired) electrons. The number of hydrogen-bond acceptors (Lipinski definition) is 1. The largest absolute Gasteiger partial charge is 0.360 e. The molecule has 3 rings (SSSR count). The van der Waals surface area contributed by atoms with E-state index in [0.717, 1.165) is 10.9 Å². The van der Waals surface area contributed by atoms with Crippen molar-refractivity contribution in [2.45, 2.75) is 37.6 Å². The van der Waals surface area contributed by atoms with Crippen LogP contribution in [0.15, 0.2) is 30.5 Å². The molecule has 1 aromatic heterocycles. The minimum atomic E-state index is -2.57. The Hall–Kier alpha value is -1.91. The first-order valence-electron chi connectivity index (χ1n) is 6.80. The van der Waals surface area contributed by atoms with Crippen LogP contribution in [0.5, 0.6) is 0 Å². The topological polar surface area (TPSA) is 44.9 Å². The molecule has 0 atom stereocenters. The number of aromatic nitrogens is 1. The molecule has 1 aliphatic carbocycles. The zero-order valence-electron chi connectivity index (χ0n) is 11.0. The SMILES string of the molecule is O=C(NC1CCC(F)(F)CC1)c1c[nH]c2ccccc12. The van der Waals surface area contributed by atoms with Crippen LogP contribution in [0.2, 0.25) is 0 Å². The molecule has 0 unspecified atom stereocenters. The van der Waals surface area contributed by atoms with Crippen LogP contribution >= 0.6 is 0 Å². The molecule has 5 heteroatoms. The molecule has 1 amide bonds. The molecule has 0 aliphatic heterocycles. The summed E-state index contributed by atoms with van der Waals surface area (Å²) in [6.45, 7) is 0. The van der Waals surface area contributed by atoms with Gasteiger partial charge in [0.2, 0.25) is 5.92 Å². The van der Waals surface area contributed by atoms with Crippen LogP contribution < -0.4 is 5.32 Å². The molecule has 1 heterocycles. The van der Waals surface area contributed by atoms with Crippen LogP contribution in [-0.4, -0.2) is 22.9 Å². The number of benzene rings is 1. The lowest BCUT2D eigenvalue weighted by Crippen LogP contribution is -2.40. The first-order valence-corrected chi connectivity index (χ1v) is 6.80. The summed E-state index contributed by atoms with van der Waals surface area (Å²) in [4.78, 5) is 15.3. The second kappa shape index (κ2) is 4.89. The number of carbonyl (C=O) groups is 1. The van der Waals surface area contributed by atoms with E-state index in [1.54, 1.807) is 6.20 Å². The summed E-state index contributed by atoms with van der Waals surface area (Å²) < 4.78 is 26.2. The van der Waals surface area contributed by atoms with E-state index < -0.39 is 5.92 Å². The molecule has 2 N–H and O–H groups in total. The van der Waals surface area contributed by atoms with Gasteiger partial charge in [-0.2, -0.15) is 0 Å². The van der Waals surface area contributed by atoms with Crippen LogP contribution in [0.1, 0.15) is 36.0 Å². The molecule has 0 spiro atoms. The number of amides is 1. The fourth-order valence-corrected chi connectivity index (χ4v) is 2.71. The van der Waals surface area contributed by atoms with E-state index in [-0.39, 0.29) is 24.8 Å². The highest BCUT2D eigenvalue weighted by atomic mass is 19.3. The standard InChI is InChI=1S/C15H16F2N2O/c16-15(17)7-5-10(6-8-15)19-14(20)12-9-18-13-4-2-1-3-11(12)13/h1-4,9-10,18H,5-8H2,(H,19,20). The maximum absolute atomic E-state index is 13.1. The molecule has 20 heavy (non-hydrogen) atoms. The molecule has 2 aromatic rings. The summed E-state index contributed by atoms with van der Waals surface area (Å²) >= 11 is 0. The molecule has 3 nitrogen and oxygen atoms in total. The monoisotopic (exact) mass is 278 g/mol. The van der Waals surface area contributed by atoms with Crippen molar-refractivity contribution in [3.05, 3.63) is 36.0 Å². The number of rotatable bonds is 2.